The van der Waals surface area contributed by atoms with Crippen molar-refractivity contribution in [1.29, 1.82) is 0 Å². The summed E-state index contributed by atoms with van der Waals surface area (Å²) in [6, 6.07) is 8.84. The predicted molar refractivity (Wildman–Crippen MR) is 124 cm³/mol. The van der Waals surface area contributed by atoms with E-state index in [0.29, 0.717) is 22.6 Å². The largest absolute Gasteiger partial charge is 0.469 e. The molecule has 2 aromatic rings. The first-order valence-electron chi connectivity index (χ1n) is 10.3. The maximum absolute atomic E-state index is 13.2. The number of esters is 1. The van der Waals surface area contributed by atoms with Crippen molar-refractivity contribution in [3.63, 3.8) is 0 Å². The van der Waals surface area contributed by atoms with Gasteiger partial charge in [0.1, 0.15) is 23.4 Å². The van der Waals surface area contributed by atoms with Crippen LogP contribution in [-0.2, 0) is 36.9 Å². The highest BCUT2D eigenvalue weighted by Gasteiger charge is 2.66. The third-order valence-corrected chi connectivity index (χ3v) is 7.24. The first kappa shape index (κ1) is 24.8. The number of carbonyl (C=O) groups excluding carboxylic acids is 3. The summed E-state index contributed by atoms with van der Waals surface area (Å²) in [4.78, 5) is 50.3. The van der Waals surface area contributed by atoms with E-state index in [-0.39, 0.29) is 30.3 Å². The predicted octanol–water partition coefficient (Wildman–Crippen LogP) is 2.34. The third-order valence-electron chi connectivity index (χ3n) is 5.54. The molecule has 1 N–H and O–H groups in total. The van der Waals surface area contributed by atoms with Gasteiger partial charge in [-0.15, -0.1) is 23.4 Å². The van der Waals surface area contributed by atoms with Crippen molar-refractivity contribution in [2.24, 2.45) is 0 Å². The highest BCUT2D eigenvalue weighted by atomic mass is 35.5. The van der Waals surface area contributed by atoms with Gasteiger partial charge >= 0.3 is 5.97 Å². The number of non-ortho nitro benzene ring substituents is 1. The molecule has 3 heterocycles. The molecule has 35 heavy (non-hydrogen) atoms. The van der Waals surface area contributed by atoms with Crippen LogP contribution < -0.4 is 5.32 Å². The van der Waals surface area contributed by atoms with Crippen molar-refractivity contribution in [3.8, 4) is 0 Å². The van der Waals surface area contributed by atoms with Crippen LogP contribution in [-0.4, -0.2) is 57.4 Å². The third kappa shape index (κ3) is 4.64. The molecule has 0 saturated carbocycles. The number of rotatable bonds is 9. The lowest BCUT2D eigenvalue weighted by molar-refractivity contribution is -0.384. The van der Waals surface area contributed by atoms with Gasteiger partial charge in [-0.2, -0.15) is 0 Å². The molecule has 1 aromatic carbocycles. The summed E-state index contributed by atoms with van der Waals surface area (Å²) in [5.41, 5.74) is -0.707. The molecule has 2 aliphatic heterocycles. The lowest BCUT2D eigenvalue weighted by atomic mass is 9.98. The van der Waals surface area contributed by atoms with E-state index in [1.54, 1.807) is 12.1 Å². The Morgan fingerprint density at radius 2 is 2.09 bits per heavy atom. The number of benzene rings is 1. The number of halogens is 1. The maximum Gasteiger partial charge on any atom is 0.355 e. The van der Waals surface area contributed by atoms with E-state index < -0.39 is 33.8 Å². The van der Waals surface area contributed by atoms with Crippen LogP contribution in [0.2, 0.25) is 0 Å². The van der Waals surface area contributed by atoms with E-state index in [0.717, 1.165) is 0 Å². The summed E-state index contributed by atoms with van der Waals surface area (Å²) in [6.45, 7) is -0.162. The Kier molecular flexibility index (Phi) is 7.15. The van der Waals surface area contributed by atoms with E-state index in [9.17, 15) is 24.5 Å². The molecule has 4 rings (SSSR count). The summed E-state index contributed by atoms with van der Waals surface area (Å²) in [7, 11) is 1.30. The fourth-order valence-electron chi connectivity index (χ4n) is 3.79. The molecule has 1 fully saturated rings. The second kappa shape index (κ2) is 10.1. The van der Waals surface area contributed by atoms with Gasteiger partial charge in [-0.25, -0.2) is 4.79 Å². The Bertz CT molecular complexity index is 1180. The highest BCUT2D eigenvalue weighted by Crippen LogP contribution is 2.47. The molecule has 0 spiro atoms. The van der Waals surface area contributed by atoms with E-state index >= 15 is 0 Å². The number of carbonyl (C=O) groups is 3. The van der Waals surface area contributed by atoms with Gasteiger partial charge in [-0.05, 0) is 35.4 Å². The van der Waals surface area contributed by atoms with Crippen molar-refractivity contribution in [1.82, 2.24) is 10.2 Å². The summed E-state index contributed by atoms with van der Waals surface area (Å²) in [6.07, 6.45) is 1.35. The number of alkyl halides is 1. The van der Waals surface area contributed by atoms with Gasteiger partial charge in [0.05, 0.1) is 17.6 Å². The van der Waals surface area contributed by atoms with Crippen LogP contribution in [0.15, 0.2) is 58.3 Å². The van der Waals surface area contributed by atoms with Crippen LogP contribution in [0.1, 0.15) is 11.3 Å². The van der Waals surface area contributed by atoms with Crippen molar-refractivity contribution in [2.75, 3.05) is 18.7 Å². The lowest BCUT2D eigenvalue weighted by Gasteiger charge is -2.55. The standard InChI is InChI=1S/C22H20ClN3O8S/c1-32-22(24-17(27)9-16-3-2-8-33-16)20(29)25-18(14(10-23)12-35-21(22)25)19(28)34-11-13-4-6-15(7-5-13)26(30)31/h2-8,21H,9-12H2,1H3,(H,24,27)/t21-,22?/m0/s1. The fraction of sp³-hybridized carbons (Fsp3) is 0.318. The van der Waals surface area contributed by atoms with Gasteiger partial charge in [0.15, 0.2) is 0 Å². The Labute approximate surface area is 208 Å². The molecule has 1 unspecified atom stereocenters. The van der Waals surface area contributed by atoms with Crippen LogP contribution in [0.5, 0.6) is 0 Å². The molecule has 2 aliphatic rings. The highest BCUT2D eigenvalue weighted by molar-refractivity contribution is 8.00. The van der Waals surface area contributed by atoms with Gasteiger partial charge in [-0.1, -0.05) is 0 Å². The van der Waals surface area contributed by atoms with E-state index in [1.165, 1.54) is 54.3 Å². The number of nitro groups is 1. The van der Waals surface area contributed by atoms with Gasteiger partial charge in [-0.3, -0.25) is 24.6 Å². The number of hydrogen-bond acceptors (Lipinski definition) is 9. The average Bonchev–Trinajstić information content (AvgIpc) is 3.37. The van der Waals surface area contributed by atoms with Crippen LogP contribution in [0.25, 0.3) is 0 Å². The minimum absolute atomic E-state index is 0.00335. The van der Waals surface area contributed by atoms with Crippen molar-refractivity contribution >= 4 is 46.8 Å². The molecule has 1 saturated heterocycles. The molecule has 2 atom stereocenters. The van der Waals surface area contributed by atoms with E-state index in [1.807, 2.05) is 0 Å². The minimum atomic E-state index is -1.66. The maximum atomic E-state index is 13.2. The fourth-order valence-corrected chi connectivity index (χ4v) is 5.56. The summed E-state index contributed by atoms with van der Waals surface area (Å²) in [5, 5.41) is 12.7. The van der Waals surface area contributed by atoms with Gasteiger partial charge in [0.25, 0.3) is 17.3 Å². The first-order valence-corrected chi connectivity index (χ1v) is 11.9. The van der Waals surface area contributed by atoms with Crippen LogP contribution in [0, 0.1) is 10.1 Å². The van der Waals surface area contributed by atoms with Gasteiger partial charge in [0, 0.05) is 30.9 Å². The molecule has 13 heteroatoms. The first-order chi connectivity index (χ1) is 16.8. The molecule has 184 valence electrons. The Balaban J connectivity index is 1.48. The zero-order valence-electron chi connectivity index (χ0n) is 18.4. The molecule has 0 radical (unpaired) electrons. The molecule has 0 aliphatic carbocycles. The SMILES string of the molecule is COC1(NC(=O)Cc2ccco2)C(=O)N2C(C(=O)OCc3ccc([N+](=O)[O-])cc3)=C(CCl)CS[C@H]21. The zero-order valence-corrected chi connectivity index (χ0v) is 20.0. The summed E-state index contributed by atoms with van der Waals surface area (Å²) in [5.74, 6) is -1.15. The topological polar surface area (TPSA) is 141 Å². The minimum Gasteiger partial charge on any atom is -0.469 e. The summed E-state index contributed by atoms with van der Waals surface area (Å²) >= 11 is 7.34. The Morgan fingerprint density at radius 3 is 2.69 bits per heavy atom. The molecule has 11 nitrogen and oxygen atoms in total. The van der Waals surface area contributed by atoms with E-state index in [2.05, 4.69) is 5.32 Å². The molecular formula is C22H20ClN3O8S. The Hall–Kier alpha value is -3.35. The number of β-lactam (4-membered cyclic amide) rings is 1. The number of hydrogen-bond donors (Lipinski definition) is 1. The number of ether oxygens (including phenoxy) is 2. The smallest absolute Gasteiger partial charge is 0.355 e. The quantitative estimate of drug-likeness (QED) is 0.131. The molecule has 1 aromatic heterocycles. The zero-order chi connectivity index (χ0) is 25.2. The molecule has 0 bridgehead atoms. The second-order valence-electron chi connectivity index (χ2n) is 7.67. The molecule has 2 amide bonds. The summed E-state index contributed by atoms with van der Waals surface area (Å²) < 4.78 is 16.0. The van der Waals surface area contributed by atoms with Crippen molar-refractivity contribution < 1.29 is 33.2 Å². The monoisotopic (exact) mass is 521 g/mol. The number of methoxy groups -OCH3 is 1. The number of nitrogens with one attached hydrogen (secondary N) is 1. The van der Waals surface area contributed by atoms with Crippen LogP contribution >= 0.6 is 23.4 Å². The number of amides is 2. The number of nitro benzene ring substituents is 1. The normalized spacial score (nSPS) is 21.3. The number of thioether (sulfide) groups is 1. The number of nitrogens with zero attached hydrogens (tertiary/aromatic N) is 2. The van der Waals surface area contributed by atoms with Crippen molar-refractivity contribution in [3.05, 3.63) is 75.4 Å². The lowest BCUT2D eigenvalue weighted by Crippen LogP contribution is -2.80. The second-order valence-corrected chi connectivity index (χ2v) is 9.00. The number of furan rings is 1. The molecular weight excluding hydrogens is 502 g/mol. The van der Waals surface area contributed by atoms with Gasteiger partial charge < -0.3 is 19.2 Å². The van der Waals surface area contributed by atoms with Crippen molar-refractivity contribution in [2.45, 2.75) is 24.1 Å². The van der Waals surface area contributed by atoms with Gasteiger partial charge in [0.2, 0.25) is 5.91 Å². The number of fused-ring (bicyclic) bond motifs is 1. The van der Waals surface area contributed by atoms with Crippen LogP contribution in [0.3, 0.4) is 0 Å². The average molecular weight is 522 g/mol. The van der Waals surface area contributed by atoms with E-state index in [4.69, 9.17) is 25.5 Å². The Morgan fingerprint density at radius 1 is 1.34 bits per heavy atom. The van der Waals surface area contributed by atoms with Crippen LogP contribution in [0.4, 0.5) is 5.69 Å².